The lowest BCUT2D eigenvalue weighted by Crippen LogP contribution is -2.38. The molecule has 1 N–H and O–H groups in total. The second kappa shape index (κ2) is 5.35. The smallest absolute Gasteiger partial charge is 0.220 e. The number of hydrogen-bond donors (Lipinski definition) is 1. The number of carbonyl (C=O) groups is 1. The average molecular weight is 198 g/mol. The molecule has 1 aliphatic heterocycles. The first-order valence-corrected chi connectivity index (χ1v) is 5.67. The van der Waals surface area contributed by atoms with Gasteiger partial charge in [0.2, 0.25) is 5.91 Å². The van der Waals surface area contributed by atoms with Crippen LogP contribution in [0.3, 0.4) is 0 Å². The molecule has 1 saturated heterocycles. The Hall–Kier alpha value is -0.570. The molecule has 3 nitrogen and oxygen atoms in total. The van der Waals surface area contributed by atoms with Crippen LogP contribution in [-0.4, -0.2) is 36.0 Å². The zero-order chi connectivity index (χ0) is 10.6. The van der Waals surface area contributed by atoms with Gasteiger partial charge in [0.25, 0.3) is 0 Å². The summed E-state index contributed by atoms with van der Waals surface area (Å²) in [5.41, 5.74) is 0. The van der Waals surface area contributed by atoms with Crippen molar-refractivity contribution in [2.75, 3.05) is 13.1 Å². The number of likely N-dealkylation sites (tertiary alicyclic amines) is 1. The Labute approximate surface area is 86.9 Å². The minimum atomic E-state index is 0.211. The van der Waals surface area contributed by atoms with Gasteiger partial charge in [-0.2, -0.15) is 0 Å². The molecule has 1 amide bonds. The van der Waals surface area contributed by atoms with Crippen LogP contribution in [0.4, 0.5) is 0 Å². The minimum absolute atomic E-state index is 0.211. The molecule has 82 valence electrons. The van der Waals surface area contributed by atoms with Gasteiger partial charge in [0.1, 0.15) is 0 Å². The largest absolute Gasteiger partial charge is 0.352 e. The number of hydrogen-bond acceptors (Lipinski definition) is 2. The van der Waals surface area contributed by atoms with E-state index in [1.807, 2.05) is 6.92 Å². The Morgan fingerprint density at radius 2 is 2.29 bits per heavy atom. The maximum absolute atomic E-state index is 11.3. The highest BCUT2D eigenvalue weighted by molar-refractivity contribution is 5.76. The number of nitrogens with one attached hydrogen (secondary N) is 1. The molecule has 1 rings (SSSR count). The van der Waals surface area contributed by atoms with Crippen molar-refractivity contribution in [1.29, 1.82) is 0 Å². The summed E-state index contributed by atoms with van der Waals surface area (Å²) in [6.45, 7) is 8.59. The van der Waals surface area contributed by atoms with Gasteiger partial charge in [-0.25, -0.2) is 0 Å². The topological polar surface area (TPSA) is 32.3 Å². The molecule has 0 radical (unpaired) electrons. The van der Waals surface area contributed by atoms with Crippen molar-refractivity contribution in [3.05, 3.63) is 0 Å². The van der Waals surface area contributed by atoms with Gasteiger partial charge < -0.3 is 5.32 Å². The molecule has 14 heavy (non-hydrogen) atoms. The molecule has 0 bridgehead atoms. The molecule has 0 aromatic heterocycles. The Morgan fingerprint density at radius 1 is 1.57 bits per heavy atom. The van der Waals surface area contributed by atoms with Crippen LogP contribution in [0.5, 0.6) is 0 Å². The van der Waals surface area contributed by atoms with Crippen LogP contribution >= 0.6 is 0 Å². The second-order valence-corrected chi connectivity index (χ2v) is 4.39. The normalized spacial score (nSPS) is 23.0. The molecular weight excluding hydrogens is 176 g/mol. The van der Waals surface area contributed by atoms with Crippen LogP contribution in [0.2, 0.25) is 0 Å². The SMILES string of the molecule is CCCC(=O)NC1CCN(C(C)C)C1. The lowest BCUT2D eigenvalue weighted by atomic mass is 10.2. The molecule has 1 unspecified atom stereocenters. The standard InChI is InChI=1S/C11H22N2O/c1-4-5-11(14)12-10-6-7-13(8-10)9(2)3/h9-10H,4-8H2,1-3H3,(H,12,14). The summed E-state index contributed by atoms with van der Waals surface area (Å²) < 4.78 is 0. The Balaban J connectivity index is 2.25. The van der Waals surface area contributed by atoms with Crippen LogP contribution in [0.15, 0.2) is 0 Å². The maximum Gasteiger partial charge on any atom is 0.220 e. The first kappa shape index (κ1) is 11.5. The first-order valence-electron chi connectivity index (χ1n) is 5.67. The summed E-state index contributed by atoms with van der Waals surface area (Å²) in [6.07, 6.45) is 2.71. The van der Waals surface area contributed by atoms with E-state index >= 15 is 0 Å². The van der Waals surface area contributed by atoms with Gasteiger partial charge in [-0.15, -0.1) is 0 Å². The summed E-state index contributed by atoms with van der Waals surface area (Å²) >= 11 is 0. The van der Waals surface area contributed by atoms with Crippen LogP contribution in [-0.2, 0) is 4.79 Å². The van der Waals surface area contributed by atoms with Crippen LogP contribution in [0.25, 0.3) is 0 Å². The summed E-state index contributed by atoms with van der Waals surface area (Å²) in [7, 11) is 0. The Kier molecular flexibility index (Phi) is 4.39. The highest BCUT2D eigenvalue weighted by Gasteiger charge is 2.24. The monoisotopic (exact) mass is 198 g/mol. The van der Waals surface area contributed by atoms with Gasteiger partial charge in [0.15, 0.2) is 0 Å². The van der Waals surface area contributed by atoms with Crippen LogP contribution in [0.1, 0.15) is 40.0 Å². The summed E-state index contributed by atoms with van der Waals surface area (Å²) in [5, 5.41) is 3.08. The number of rotatable bonds is 4. The fourth-order valence-corrected chi connectivity index (χ4v) is 1.90. The van der Waals surface area contributed by atoms with Gasteiger partial charge in [-0.3, -0.25) is 9.69 Å². The Morgan fingerprint density at radius 3 is 2.79 bits per heavy atom. The van der Waals surface area contributed by atoms with Gasteiger partial charge in [-0.05, 0) is 26.7 Å². The predicted octanol–water partition coefficient (Wildman–Crippen LogP) is 1.39. The molecule has 1 fully saturated rings. The zero-order valence-electron chi connectivity index (χ0n) is 9.55. The van der Waals surface area contributed by atoms with Crippen molar-refractivity contribution in [2.24, 2.45) is 0 Å². The molecule has 0 spiro atoms. The second-order valence-electron chi connectivity index (χ2n) is 4.39. The van der Waals surface area contributed by atoms with Crippen molar-refractivity contribution in [3.8, 4) is 0 Å². The van der Waals surface area contributed by atoms with Gasteiger partial charge in [-0.1, -0.05) is 6.92 Å². The quantitative estimate of drug-likeness (QED) is 0.740. The Bertz CT molecular complexity index is 192. The summed E-state index contributed by atoms with van der Waals surface area (Å²) in [6, 6.07) is 0.986. The van der Waals surface area contributed by atoms with E-state index < -0.39 is 0 Å². The highest BCUT2D eigenvalue weighted by Crippen LogP contribution is 2.12. The predicted molar refractivity (Wildman–Crippen MR) is 58.2 cm³/mol. The molecular formula is C11H22N2O. The zero-order valence-corrected chi connectivity index (χ0v) is 9.55. The molecule has 0 aromatic carbocycles. The lowest BCUT2D eigenvalue weighted by Gasteiger charge is -2.20. The number of amides is 1. The van der Waals surface area contributed by atoms with E-state index in [2.05, 4.69) is 24.1 Å². The molecule has 1 aliphatic rings. The summed E-state index contributed by atoms with van der Waals surface area (Å²) in [5.74, 6) is 0.211. The van der Waals surface area contributed by atoms with E-state index in [1.54, 1.807) is 0 Å². The summed E-state index contributed by atoms with van der Waals surface area (Å²) in [4.78, 5) is 13.8. The third-order valence-corrected chi connectivity index (χ3v) is 2.79. The fraction of sp³-hybridized carbons (Fsp3) is 0.909. The average Bonchev–Trinajstić information content (AvgIpc) is 2.53. The minimum Gasteiger partial charge on any atom is -0.352 e. The molecule has 1 heterocycles. The van der Waals surface area contributed by atoms with E-state index in [0.29, 0.717) is 18.5 Å². The van der Waals surface area contributed by atoms with E-state index in [4.69, 9.17) is 0 Å². The van der Waals surface area contributed by atoms with Crippen molar-refractivity contribution < 1.29 is 4.79 Å². The first-order chi connectivity index (χ1) is 6.63. The molecule has 3 heteroatoms. The molecule has 0 aliphatic carbocycles. The number of carbonyl (C=O) groups excluding carboxylic acids is 1. The number of nitrogens with zero attached hydrogens (tertiary/aromatic N) is 1. The third kappa shape index (κ3) is 3.29. The van der Waals surface area contributed by atoms with Crippen molar-refractivity contribution in [2.45, 2.75) is 52.1 Å². The van der Waals surface area contributed by atoms with Crippen molar-refractivity contribution in [1.82, 2.24) is 10.2 Å². The van der Waals surface area contributed by atoms with Gasteiger partial charge in [0.05, 0.1) is 0 Å². The highest BCUT2D eigenvalue weighted by atomic mass is 16.1. The van der Waals surface area contributed by atoms with E-state index in [1.165, 1.54) is 0 Å². The third-order valence-electron chi connectivity index (χ3n) is 2.79. The van der Waals surface area contributed by atoms with Crippen LogP contribution in [0, 0.1) is 0 Å². The van der Waals surface area contributed by atoms with Crippen molar-refractivity contribution >= 4 is 5.91 Å². The van der Waals surface area contributed by atoms with E-state index in [-0.39, 0.29) is 5.91 Å². The fourth-order valence-electron chi connectivity index (χ4n) is 1.90. The van der Waals surface area contributed by atoms with Gasteiger partial charge in [0, 0.05) is 31.6 Å². The van der Waals surface area contributed by atoms with Crippen LogP contribution < -0.4 is 5.32 Å². The maximum atomic E-state index is 11.3. The molecule has 0 aromatic rings. The van der Waals surface area contributed by atoms with E-state index in [0.717, 1.165) is 25.9 Å². The van der Waals surface area contributed by atoms with E-state index in [9.17, 15) is 4.79 Å². The lowest BCUT2D eigenvalue weighted by molar-refractivity contribution is -0.121. The molecule has 0 saturated carbocycles. The molecule has 1 atom stereocenters. The van der Waals surface area contributed by atoms with Gasteiger partial charge >= 0.3 is 0 Å². The van der Waals surface area contributed by atoms with Crippen molar-refractivity contribution in [3.63, 3.8) is 0 Å².